The first-order valence-corrected chi connectivity index (χ1v) is 6.67. The van der Waals surface area contributed by atoms with Crippen LogP contribution in [-0.2, 0) is 9.59 Å². The van der Waals surface area contributed by atoms with E-state index >= 15 is 0 Å². The third kappa shape index (κ3) is 4.19. The fourth-order valence-corrected chi connectivity index (χ4v) is 2.01. The number of rotatable bonds is 5. The van der Waals surface area contributed by atoms with E-state index < -0.39 is 12.1 Å². The maximum atomic E-state index is 11.9. The van der Waals surface area contributed by atoms with Crippen LogP contribution in [0.3, 0.4) is 0 Å². The smallest absolute Gasteiger partial charge is 0.324 e. The molecule has 4 N–H and O–H groups in total. The van der Waals surface area contributed by atoms with Crippen LogP contribution in [-0.4, -0.2) is 42.4 Å². The average molecular weight is 327 g/mol. The zero-order valence-electron chi connectivity index (χ0n) is 12.2. The Morgan fingerprint density at radius 1 is 1.36 bits per heavy atom. The molecule has 0 aromatic heterocycles. The lowest BCUT2D eigenvalue weighted by atomic mass is 10.1. The number of nitrogens with two attached hydrogens (primary N) is 1. The first kappa shape index (κ1) is 17.9. The molecule has 1 unspecified atom stereocenters. The van der Waals surface area contributed by atoms with Crippen LogP contribution in [0.15, 0.2) is 24.3 Å². The van der Waals surface area contributed by atoms with Gasteiger partial charge in [0.25, 0.3) is 0 Å². The van der Waals surface area contributed by atoms with E-state index in [1.165, 1.54) is 0 Å². The Bertz CT molecular complexity index is 546. The van der Waals surface area contributed by atoms with Crippen molar-refractivity contribution in [1.29, 1.82) is 0 Å². The second kappa shape index (κ2) is 7.77. The van der Waals surface area contributed by atoms with E-state index in [0.29, 0.717) is 5.56 Å². The van der Waals surface area contributed by atoms with Crippen LogP contribution in [0.2, 0.25) is 0 Å². The minimum Gasteiger partial charge on any atom is -0.353 e. The second-order valence-corrected chi connectivity index (χ2v) is 4.88. The van der Waals surface area contributed by atoms with Crippen molar-refractivity contribution in [2.75, 3.05) is 19.6 Å². The van der Waals surface area contributed by atoms with Crippen LogP contribution in [0.1, 0.15) is 17.2 Å². The Morgan fingerprint density at radius 2 is 2.00 bits per heavy atom. The minimum absolute atomic E-state index is 0. The third-order valence-electron chi connectivity index (χ3n) is 3.29. The van der Waals surface area contributed by atoms with Gasteiger partial charge in [-0.2, -0.15) is 0 Å². The van der Waals surface area contributed by atoms with E-state index in [-0.39, 0.29) is 43.9 Å². The SMILES string of the molecule is Cc1ccc(C(N)C(=O)NCCN2C(=O)CNC2=O)cc1.Cl. The number of carbonyl (C=O) groups is 3. The average Bonchev–Trinajstić information content (AvgIpc) is 2.79. The standard InChI is InChI=1S/C14H18N4O3.ClH/c1-9-2-4-10(5-3-9)12(15)13(20)16-6-7-18-11(19)8-17-14(18)21;/h2-5,12H,6-8,15H2,1H3,(H,16,20)(H,17,21);1H. The van der Waals surface area contributed by atoms with Gasteiger partial charge in [0, 0.05) is 13.1 Å². The van der Waals surface area contributed by atoms with Gasteiger partial charge in [0.2, 0.25) is 11.8 Å². The number of hydrogen-bond acceptors (Lipinski definition) is 4. The molecule has 0 radical (unpaired) electrons. The molecule has 0 spiro atoms. The predicted molar refractivity (Wildman–Crippen MR) is 83.5 cm³/mol. The van der Waals surface area contributed by atoms with Gasteiger partial charge in [-0.15, -0.1) is 12.4 Å². The number of benzene rings is 1. The molecule has 1 aromatic rings. The number of carbonyl (C=O) groups excluding carboxylic acids is 3. The van der Waals surface area contributed by atoms with Crippen molar-refractivity contribution in [2.45, 2.75) is 13.0 Å². The molecule has 1 fully saturated rings. The lowest BCUT2D eigenvalue weighted by molar-refractivity contribution is -0.126. The number of aryl methyl sites for hydroxylation is 1. The van der Waals surface area contributed by atoms with Crippen LogP contribution in [0.25, 0.3) is 0 Å². The summed E-state index contributed by atoms with van der Waals surface area (Å²) in [7, 11) is 0. The summed E-state index contributed by atoms with van der Waals surface area (Å²) < 4.78 is 0. The molecule has 22 heavy (non-hydrogen) atoms. The Labute approximate surface area is 134 Å². The van der Waals surface area contributed by atoms with E-state index in [1.54, 1.807) is 12.1 Å². The summed E-state index contributed by atoms with van der Waals surface area (Å²) in [5, 5.41) is 5.04. The number of nitrogens with zero attached hydrogens (tertiary/aromatic N) is 1. The summed E-state index contributed by atoms with van der Waals surface area (Å²) in [6.45, 7) is 2.28. The van der Waals surface area contributed by atoms with E-state index in [1.807, 2.05) is 19.1 Å². The predicted octanol–water partition coefficient (Wildman–Crippen LogP) is 0.0846. The van der Waals surface area contributed by atoms with Gasteiger partial charge in [0.15, 0.2) is 0 Å². The van der Waals surface area contributed by atoms with Gasteiger partial charge in [-0.25, -0.2) is 4.79 Å². The largest absolute Gasteiger partial charge is 0.353 e. The molecule has 4 amide bonds. The first-order valence-electron chi connectivity index (χ1n) is 6.67. The van der Waals surface area contributed by atoms with Crippen molar-refractivity contribution in [2.24, 2.45) is 5.73 Å². The molecule has 1 heterocycles. The Morgan fingerprint density at radius 3 is 2.55 bits per heavy atom. The minimum atomic E-state index is -0.770. The molecule has 2 rings (SSSR count). The van der Waals surface area contributed by atoms with Gasteiger partial charge >= 0.3 is 6.03 Å². The maximum Gasteiger partial charge on any atom is 0.324 e. The van der Waals surface area contributed by atoms with Crippen molar-refractivity contribution >= 4 is 30.3 Å². The van der Waals surface area contributed by atoms with Gasteiger partial charge in [0.1, 0.15) is 6.04 Å². The quantitative estimate of drug-likeness (QED) is 0.667. The van der Waals surface area contributed by atoms with Crippen molar-refractivity contribution in [1.82, 2.24) is 15.5 Å². The summed E-state index contributed by atoms with van der Waals surface area (Å²) in [4.78, 5) is 35.6. The topological polar surface area (TPSA) is 105 Å². The van der Waals surface area contributed by atoms with Gasteiger partial charge in [-0.05, 0) is 12.5 Å². The zero-order chi connectivity index (χ0) is 15.4. The number of hydrogen-bond donors (Lipinski definition) is 3. The van der Waals surface area contributed by atoms with Crippen LogP contribution >= 0.6 is 12.4 Å². The third-order valence-corrected chi connectivity index (χ3v) is 3.29. The molecule has 1 aromatic carbocycles. The zero-order valence-corrected chi connectivity index (χ0v) is 13.0. The Kier molecular flexibility index (Phi) is 6.33. The fourth-order valence-electron chi connectivity index (χ4n) is 2.01. The van der Waals surface area contributed by atoms with E-state index in [2.05, 4.69) is 10.6 Å². The monoisotopic (exact) mass is 326 g/mol. The van der Waals surface area contributed by atoms with Crippen molar-refractivity contribution in [3.05, 3.63) is 35.4 Å². The molecule has 120 valence electrons. The summed E-state index contributed by atoms with van der Waals surface area (Å²) in [6, 6.07) is 6.17. The highest BCUT2D eigenvalue weighted by atomic mass is 35.5. The van der Waals surface area contributed by atoms with Crippen LogP contribution in [0.4, 0.5) is 4.79 Å². The summed E-state index contributed by atoms with van der Waals surface area (Å²) in [6.07, 6.45) is 0. The van der Waals surface area contributed by atoms with Crippen molar-refractivity contribution in [3.63, 3.8) is 0 Å². The Balaban J connectivity index is 0.00000242. The lowest BCUT2D eigenvalue weighted by Gasteiger charge is -2.15. The van der Waals surface area contributed by atoms with Gasteiger partial charge in [-0.3, -0.25) is 14.5 Å². The summed E-state index contributed by atoms with van der Waals surface area (Å²) in [5.74, 6) is -0.636. The van der Waals surface area contributed by atoms with E-state index in [4.69, 9.17) is 5.73 Å². The van der Waals surface area contributed by atoms with E-state index in [9.17, 15) is 14.4 Å². The summed E-state index contributed by atoms with van der Waals surface area (Å²) >= 11 is 0. The molecule has 0 bridgehead atoms. The molecular weight excluding hydrogens is 308 g/mol. The van der Waals surface area contributed by atoms with Crippen molar-refractivity contribution in [3.8, 4) is 0 Å². The molecule has 8 heteroatoms. The number of imide groups is 1. The molecule has 0 aliphatic carbocycles. The highest BCUT2D eigenvalue weighted by Crippen LogP contribution is 2.11. The summed E-state index contributed by atoms with van der Waals surface area (Å²) in [5.41, 5.74) is 7.67. The molecule has 1 atom stereocenters. The molecule has 0 saturated carbocycles. The fraction of sp³-hybridized carbons (Fsp3) is 0.357. The molecule has 1 saturated heterocycles. The highest BCUT2D eigenvalue weighted by molar-refractivity contribution is 6.01. The molecule has 1 aliphatic rings. The van der Waals surface area contributed by atoms with E-state index in [0.717, 1.165) is 10.5 Å². The Hall–Kier alpha value is -2.12. The maximum absolute atomic E-state index is 11.9. The lowest BCUT2D eigenvalue weighted by Crippen LogP contribution is -2.41. The molecular formula is C14H19ClN4O3. The number of amides is 4. The van der Waals surface area contributed by atoms with Crippen LogP contribution in [0.5, 0.6) is 0 Å². The molecule has 7 nitrogen and oxygen atoms in total. The van der Waals surface area contributed by atoms with Crippen molar-refractivity contribution < 1.29 is 14.4 Å². The molecule has 1 aliphatic heterocycles. The highest BCUT2D eigenvalue weighted by Gasteiger charge is 2.28. The van der Waals surface area contributed by atoms with Gasteiger partial charge in [-0.1, -0.05) is 29.8 Å². The second-order valence-electron chi connectivity index (χ2n) is 4.88. The normalized spacial score (nSPS) is 15.1. The van der Waals surface area contributed by atoms with Crippen LogP contribution < -0.4 is 16.4 Å². The first-order chi connectivity index (χ1) is 9.99. The number of halogens is 1. The number of nitrogens with one attached hydrogen (secondary N) is 2. The number of urea groups is 1. The van der Waals surface area contributed by atoms with Crippen LogP contribution in [0, 0.1) is 6.92 Å². The van der Waals surface area contributed by atoms with Gasteiger partial charge < -0.3 is 16.4 Å². The van der Waals surface area contributed by atoms with Gasteiger partial charge in [0.05, 0.1) is 6.54 Å².